The first-order valence-corrected chi connectivity index (χ1v) is 6.65. The first-order chi connectivity index (χ1) is 8.30. The molecule has 0 aliphatic carbocycles. The number of nitrogens with one attached hydrogen (secondary N) is 1. The largest absolute Gasteiger partial charge is 0.480 e. The van der Waals surface area contributed by atoms with Crippen molar-refractivity contribution in [2.75, 3.05) is 12.8 Å². The Balaban J connectivity index is 2.84. The monoisotopic (exact) mass is 269 g/mol. The lowest BCUT2D eigenvalue weighted by atomic mass is 10.1. The van der Waals surface area contributed by atoms with Gasteiger partial charge in [0.1, 0.15) is 5.54 Å². The van der Waals surface area contributed by atoms with E-state index in [0.29, 0.717) is 10.9 Å². The normalized spacial score (nSPS) is 14.3. The molecule has 0 aliphatic heterocycles. The topological polar surface area (TPSA) is 75.1 Å². The molecule has 100 valence electrons. The number of nitrogens with zero attached hydrogens (tertiary/aromatic N) is 2. The molecule has 1 atom stereocenters. The zero-order valence-electron chi connectivity index (χ0n) is 11.4. The van der Waals surface area contributed by atoms with E-state index in [1.807, 2.05) is 20.8 Å². The van der Waals surface area contributed by atoms with E-state index in [-0.39, 0.29) is 0 Å². The Morgan fingerprint density at radius 2 is 1.83 bits per heavy atom. The van der Waals surface area contributed by atoms with E-state index < -0.39 is 11.5 Å². The molecule has 1 aromatic rings. The van der Waals surface area contributed by atoms with E-state index in [0.717, 1.165) is 17.0 Å². The highest BCUT2D eigenvalue weighted by Gasteiger charge is 2.31. The highest BCUT2D eigenvalue weighted by Crippen LogP contribution is 2.21. The van der Waals surface area contributed by atoms with Crippen molar-refractivity contribution in [3.63, 3.8) is 0 Å². The van der Waals surface area contributed by atoms with Gasteiger partial charge in [-0.25, -0.2) is 9.97 Å². The second-order valence-corrected chi connectivity index (χ2v) is 5.42. The minimum Gasteiger partial charge on any atom is -0.480 e. The number of carboxylic acid groups (broad SMARTS) is 1. The van der Waals surface area contributed by atoms with Gasteiger partial charge in [-0.3, -0.25) is 4.79 Å². The number of aromatic nitrogens is 2. The van der Waals surface area contributed by atoms with Crippen molar-refractivity contribution in [1.82, 2.24) is 15.3 Å². The number of carboxylic acids is 1. The van der Waals surface area contributed by atoms with Gasteiger partial charge in [0.05, 0.1) is 0 Å². The molecule has 0 radical (unpaired) electrons. The third kappa shape index (κ3) is 3.20. The van der Waals surface area contributed by atoms with E-state index in [1.165, 1.54) is 11.8 Å². The van der Waals surface area contributed by atoms with E-state index >= 15 is 0 Å². The average molecular weight is 269 g/mol. The average Bonchev–Trinajstić information content (AvgIpc) is 2.32. The van der Waals surface area contributed by atoms with Crippen molar-refractivity contribution in [3.8, 4) is 0 Å². The Labute approximate surface area is 111 Å². The number of rotatable bonds is 5. The molecule has 1 unspecified atom stereocenters. The van der Waals surface area contributed by atoms with Gasteiger partial charge in [-0.15, -0.1) is 0 Å². The molecule has 6 heteroatoms. The van der Waals surface area contributed by atoms with Crippen LogP contribution < -0.4 is 5.32 Å². The number of likely N-dealkylation sites (N-methyl/N-ethyl adjacent to an activating group) is 1. The Morgan fingerprint density at radius 3 is 2.22 bits per heavy atom. The zero-order chi connectivity index (χ0) is 13.9. The van der Waals surface area contributed by atoms with Crippen LogP contribution in [0.5, 0.6) is 0 Å². The van der Waals surface area contributed by atoms with Gasteiger partial charge < -0.3 is 10.4 Å². The van der Waals surface area contributed by atoms with Crippen molar-refractivity contribution in [3.05, 3.63) is 17.0 Å². The highest BCUT2D eigenvalue weighted by molar-refractivity contribution is 7.99. The molecular formula is C12H19N3O2S. The first-order valence-electron chi connectivity index (χ1n) is 5.67. The summed E-state index contributed by atoms with van der Waals surface area (Å²) in [4.78, 5) is 19.9. The SMILES string of the molecule is CNC(C)(CSc1nc(C)c(C)c(C)n1)C(=O)O. The van der Waals surface area contributed by atoms with Crippen molar-refractivity contribution in [2.24, 2.45) is 0 Å². The number of thioether (sulfide) groups is 1. The van der Waals surface area contributed by atoms with Crippen LogP contribution in [0.4, 0.5) is 0 Å². The smallest absolute Gasteiger partial charge is 0.324 e. The summed E-state index contributed by atoms with van der Waals surface area (Å²) in [5, 5.41) is 12.6. The molecule has 0 fully saturated rings. The molecule has 1 aromatic heterocycles. The van der Waals surface area contributed by atoms with Gasteiger partial charge in [0.2, 0.25) is 0 Å². The fraction of sp³-hybridized carbons (Fsp3) is 0.583. The predicted molar refractivity (Wildman–Crippen MR) is 72.1 cm³/mol. The lowest BCUT2D eigenvalue weighted by molar-refractivity contribution is -0.142. The Morgan fingerprint density at radius 1 is 1.33 bits per heavy atom. The fourth-order valence-corrected chi connectivity index (χ4v) is 2.34. The molecule has 0 saturated heterocycles. The maximum Gasteiger partial charge on any atom is 0.324 e. The summed E-state index contributed by atoms with van der Waals surface area (Å²) in [6.45, 7) is 7.50. The molecule has 0 bridgehead atoms. The highest BCUT2D eigenvalue weighted by atomic mass is 32.2. The van der Waals surface area contributed by atoms with Crippen LogP contribution in [-0.4, -0.2) is 39.4 Å². The molecule has 0 aliphatic rings. The second kappa shape index (κ2) is 5.67. The summed E-state index contributed by atoms with van der Waals surface area (Å²) in [5.41, 5.74) is 1.98. The van der Waals surface area contributed by atoms with Gasteiger partial charge in [-0.1, -0.05) is 11.8 Å². The third-order valence-corrected chi connectivity index (χ3v) is 4.29. The predicted octanol–water partition coefficient (Wildman–Crippen LogP) is 1.56. The van der Waals surface area contributed by atoms with E-state index in [4.69, 9.17) is 5.11 Å². The molecule has 0 saturated carbocycles. The maximum absolute atomic E-state index is 11.1. The summed E-state index contributed by atoms with van der Waals surface area (Å²) in [5.74, 6) is -0.501. The molecule has 0 amide bonds. The first kappa shape index (κ1) is 14.9. The van der Waals surface area contributed by atoms with E-state index in [9.17, 15) is 4.79 Å². The molecule has 0 aromatic carbocycles. The van der Waals surface area contributed by atoms with Crippen LogP contribution in [0.15, 0.2) is 5.16 Å². The van der Waals surface area contributed by atoms with Crippen LogP contribution in [-0.2, 0) is 4.79 Å². The lowest BCUT2D eigenvalue weighted by Gasteiger charge is -2.23. The number of hydrogen-bond acceptors (Lipinski definition) is 5. The summed E-state index contributed by atoms with van der Waals surface area (Å²) in [7, 11) is 1.64. The van der Waals surface area contributed by atoms with Gasteiger partial charge in [0.25, 0.3) is 0 Å². The minimum absolute atomic E-state index is 0.376. The van der Waals surface area contributed by atoms with Crippen molar-refractivity contribution >= 4 is 17.7 Å². The molecule has 1 heterocycles. The Hall–Kier alpha value is -1.14. The van der Waals surface area contributed by atoms with Crippen LogP contribution in [0.1, 0.15) is 23.9 Å². The van der Waals surface area contributed by atoms with Crippen molar-refractivity contribution < 1.29 is 9.90 Å². The standard InChI is InChI=1S/C12H19N3O2S/c1-7-8(2)14-11(15-9(7)3)18-6-12(4,13-5)10(16)17/h13H,6H2,1-5H3,(H,16,17). The van der Waals surface area contributed by atoms with Crippen LogP contribution in [0.3, 0.4) is 0 Å². The van der Waals surface area contributed by atoms with Gasteiger partial charge >= 0.3 is 5.97 Å². The van der Waals surface area contributed by atoms with Gasteiger partial charge in [0, 0.05) is 17.1 Å². The van der Waals surface area contributed by atoms with Gasteiger partial charge in [0.15, 0.2) is 5.16 Å². The minimum atomic E-state index is -0.972. The fourth-order valence-electron chi connectivity index (χ4n) is 1.26. The van der Waals surface area contributed by atoms with Crippen LogP contribution in [0.2, 0.25) is 0 Å². The number of hydrogen-bond donors (Lipinski definition) is 2. The second-order valence-electron chi connectivity index (χ2n) is 4.48. The van der Waals surface area contributed by atoms with Crippen molar-refractivity contribution in [2.45, 2.75) is 38.4 Å². The number of aliphatic carboxylic acids is 1. The van der Waals surface area contributed by atoms with Crippen LogP contribution >= 0.6 is 11.8 Å². The summed E-state index contributed by atoms with van der Waals surface area (Å²) in [6.07, 6.45) is 0. The summed E-state index contributed by atoms with van der Waals surface area (Å²) >= 11 is 1.35. The van der Waals surface area contributed by atoms with E-state index in [1.54, 1.807) is 14.0 Å². The number of carbonyl (C=O) groups is 1. The quantitative estimate of drug-likeness (QED) is 0.624. The summed E-state index contributed by atoms with van der Waals surface area (Å²) < 4.78 is 0. The zero-order valence-corrected chi connectivity index (χ0v) is 12.2. The molecule has 2 N–H and O–H groups in total. The van der Waals surface area contributed by atoms with E-state index in [2.05, 4.69) is 15.3 Å². The van der Waals surface area contributed by atoms with Crippen LogP contribution in [0.25, 0.3) is 0 Å². The summed E-state index contributed by atoms with van der Waals surface area (Å²) in [6, 6.07) is 0. The van der Waals surface area contributed by atoms with Crippen molar-refractivity contribution in [1.29, 1.82) is 0 Å². The molecule has 5 nitrogen and oxygen atoms in total. The lowest BCUT2D eigenvalue weighted by Crippen LogP contribution is -2.49. The third-order valence-electron chi connectivity index (χ3n) is 3.13. The maximum atomic E-state index is 11.1. The van der Waals surface area contributed by atoms with Crippen LogP contribution in [0, 0.1) is 20.8 Å². The Kier molecular flexibility index (Phi) is 4.70. The number of aryl methyl sites for hydroxylation is 2. The van der Waals surface area contributed by atoms with Gasteiger partial charge in [-0.2, -0.15) is 0 Å². The molecule has 0 spiro atoms. The Bertz CT molecular complexity index is 442. The molecule has 18 heavy (non-hydrogen) atoms. The molecular weight excluding hydrogens is 250 g/mol. The van der Waals surface area contributed by atoms with Gasteiger partial charge in [-0.05, 0) is 40.3 Å². The molecule has 1 rings (SSSR count).